The van der Waals surface area contributed by atoms with Crippen LogP contribution in [0.1, 0.15) is 11.1 Å². The molecule has 2 rings (SSSR count). The van der Waals surface area contributed by atoms with Crippen molar-refractivity contribution < 1.29 is 4.79 Å². The molecule has 0 aliphatic rings. The normalized spacial score (nSPS) is 10.1. The third kappa shape index (κ3) is 3.99. The third-order valence-electron chi connectivity index (χ3n) is 2.80. The Kier molecular flexibility index (Phi) is 4.63. The van der Waals surface area contributed by atoms with Gasteiger partial charge in [-0.15, -0.1) is 0 Å². The van der Waals surface area contributed by atoms with E-state index in [-0.39, 0.29) is 6.03 Å². The number of hydrogen-bond acceptors (Lipinski definition) is 2. The van der Waals surface area contributed by atoms with Crippen molar-refractivity contribution in [3.8, 4) is 0 Å². The second-order valence-electron chi connectivity index (χ2n) is 4.53. The van der Waals surface area contributed by atoms with Gasteiger partial charge < -0.3 is 16.4 Å². The smallest absolute Gasteiger partial charge is 0.319 e. The van der Waals surface area contributed by atoms with Gasteiger partial charge in [-0.05, 0) is 42.3 Å². The van der Waals surface area contributed by atoms with Crippen LogP contribution in [0.4, 0.5) is 16.2 Å². The van der Waals surface area contributed by atoms with E-state index in [1.54, 1.807) is 6.07 Å². The number of nitrogens with one attached hydrogen (secondary N) is 2. The predicted octanol–water partition coefficient (Wildman–Crippen LogP) is 3.66. The Morgan fingerprint density at radius 2 is 2.05 bits per heavy atom. The molecule has 0 radical (unpaired) electrons. The molecule has 2 aromatic rings. The fraction of sp³-hybridized carbons (Fsp3) is 0.133. The molecule has 0 aromatic heterocycles. The Hall–Kier alpha value is -2.01. The van der Waals surface area contributed by atoms with Gasteiger partial charge in [0.05, 0.1) is 11.4 Å². The quantitative estimate of drug-likeness (QED) is 0.750. The van der Waals surface area contributed by atoms with Crippen molar-refractivity contribution in [3.63, 3.8) is 0 Å². The van der Waals surface area contributed by atoms with Crippen molar-refractivity contribution in [1.29, 1.82) is 0 Å². The molecular weight excluding hydrogens is 318 g/mol. The molecule has 0 saturated heterocycles. The number of carbonyl (C=O) groups excluding carboxylic acids is 1. The number of urea groups is 1. The maximum atomic E-state index is 11.8. The summed E-state index contributed by atoms with van der Waals surface area (Å²) in [6, 6.07) is 13.0. The van der Waals surface area contributed by atoms with Crippen LogP contribution < -0.4 is 16.4 Å². The van der Waals surface area contributed by atoms with Crippen LogP contribution in [-0.2, 0) is 6.54 Å². The first-order valence-corrected chi connectivity index (χ1v) is 6.99. The maximum Gasteiger partial charge on any atom is 0.319 e. The van der Waals surface area contributed by atoms with Gasteiger partial charge in [0, 0.05) is 11.0 Å². The summed E-state index contributed by atoms with van der Waals surface area (Å²) in [7, 11) is 0. The third-order valence-corrected chi connectivity index (χ3v) is 3.29. The summed E-state index contributed by atoms with van der Waals surface area (Å²) in [5.74, 6) is 0. The number of nitrogen functional groups attached to an aromatic ring is 1. The van der Waals surface area contributed by atoms with E-state index in [1.165, 1.54) is 0 Å². The molecule has 0 aliphatic carbocycles. The molecule has 0 atom stereocenters. The molecule has 0 spiro atoms. The molecule has 0 bridgehead atoms. The lowest BCUT2D eigenvalue weighted by Gasteiger charge is -2.10. The van der Waals surface area contributed by atoms with E-state index in [0.717, 1.165) is 15.6 Å². The zero-order valence-corrected chi connectivity index (χ0v) is 12.7. The van der Waals surface area contributed by atoms with Crippen LogP contribution in [0.25, 0.3) is 0 Å². The maximum absolute atomic E-state index is 11.8. The van der Waals surface area contributed by atoms with Gasteiger partial charge in [0.1, 0.15) is 0 Å². The fourth-order valence-corrected chi connectivity index (χ4v) is 2.24. The number of rotatable bonds is 3. The average molecular weight is 334 g/mol. The fourth-order valence-electron chi connectivity index (χ4n) is 1.79. The average Bonchev–Trinajstić information content (AvgIpc) is 2.40. The first-order valence-electron chi connectivity index (χ1n) is 6.20. The van der Waals surface area contributed by atoms with Crippen LogP contribution in [0.2, 0.25) is 0 Å². The van der Waals surface area contributed by atoms with Crippen LogP contribution in [0.5, 0.6) is 0 Å². The van der Waals surface area contributed by atoms with Gasteiger partial charge in [-0.3, -0.25) is 0 Å². The molecule has 0 heterocycles. The van der Waals surface area contributed by atoms with Gasteiger partial charge in [-0.2, -0.15) is 0 Å². The lowest BCUT2D eigenvalue weighted by Crippen LogP contribution is -2.28. The highest BCUT2D eigenvalue weighted by molar-refractivity contribution is 9.10. The van der Waals surface area contributed by atoms with E-state index in [1.807, 2.05) is 43.3 Å². The highest BCUT2D eigenvalue weighted by Gasteiger charge is 2.05. The Morgan fingerprint density at radius 3 is 2.75 bits per heavy atom. The second kappa shape index (κ2) is 6.43. The summed E-state index contributed by atoms with van der Waals surface area (Å²) in [4.78, 5) is 11.8. The van der Waals surface area contributed by atoms with Gasteiger partial charge in [0.15, 0.2) is 0 Å². The van der Waals surface area contributed by atoms with Crippen molar-refractivity contribution in [2.75, 3.05) is 11.1 Å². The van der Waals surface area contributed by atoms with Crippen LogP contribution in [0, 0.1) is 6.92 Å². The summed E-state index contributed by atoms with van der Waals surface area (Å²) in [5, 5.41) is 5.53. The van der Waals surface area contributed by atoms with E-state index < -0.39 is 0 Å². The number of nitrogens with two attached hydrogens (primary N) is 1. The number of hydrogen-bond donors (Lipinski definition) is 3. The lowest BCUT2D eigenvalue weighted by atomic mass is 10.2. The van der Waals surface area contributed by atoms with E-state index in [9.17, 15) is 4.79 Å². The van der Waals surface area contributed by atoms with Crippen molar-refractivity contribution in [3.05, 3.63) is 58.1 Å². The van der Waals surface area contributed by atoms with E-state index in [0.29, 0.717) is 17.9 Å². The van der Waals surface area contributed by atoms with Crippen LogP contribution in [-0.4, -0.2) is 6.03 Å². The molecular formula is C15H16BrN3O. The molecule has 0 fully saturated rings. The second-order valence-corrected chi connectivity index (χ2v) is 5.44. The summed E-state index contributed by atoms with van der Waals surface area (Å²) in [6.45, 7) is 2.41. The number of halogens is 1. The standard InChI is InChI=1S/C15H16BrN3O/c1-10-5-6-14(13(17)7-10)19-15(20)18-9-11-3-2-4-12(16)8-11/h2-8H,9,17H2,1H3,(H2,18,19,20). The number of amides is 2. The van der Waals surface area contributed by atoms with E-state index >= 15 is 0 Å². The van der Waals surface area contributed by atoms with Crippen molar-refractivity contribution in [2.24, 2.45) is 0 Å². The molecule has 20 heavy (non-hydrogen) atoms. The summed E-state index contributed by atoms with van der Waals surface area (Å²) < 4.78 is 0.986. The first-order chi connectivity index (χ1) is 9.54. The molecule has 5 heteroatoms. The minimum absolute atomic E-state index is 0.277. The highest BCUT2D eigenvalue weighted by Crippen LogP contribution is 2.19. The van der Waals surface area contributed by atoms with Crippen LogP contribution in [0.3, 0.4) is 0 Å². The Bertz CT molecular complexity index is 628. The van der Waals surface area contributed by atoms with Crippen molar-refractivity contribution >= 4 is 33.3 Å². The van der Waals surface area contributed by atoms with Crippen LogP contribution in [0.15, 0.2) is 46.9 Å². The molecule has 2 amide bonds. The largest absolute Gasteiger partial charge is 0.397 e. The summed E-state index contributed by atoms with van der Waals surface area (Å²) >= 11 is 3.39. The van der Waals surface area contributed by atoms with E-state index in [2.05, 4.69) is 26.6 Å². The molecule has 0 unspecified atom stereocenters. The molecule has 4 N–H and O–H groups in total. The molecule has 2 aromatic carbocycles. The van der Waals surface area contributed by atoms with Crippen LogP contribution >= 0.6 is 15.9 Å². The van der Waals surface area contributed by atoms with Gasteiger partial charge in [0.25, 0.3) is 0 Å². The highest BCUT2D eigenvalue weighted by atomic mass is 79.9. The predicted molar refractivity (Wildman–Crippen MR) is 85.6 cm³/mol. The first kappa shape index (κ1) is 14.4. The number of aryl methyl sites for hydroxylation is 1. The SMILES string of the molecule is Cc1ccc(NC(=O)NCc2cccc(Br)c2)c(N)c1. The minimum Gasteiger partial charge on any atom is -0.397 e. The van der Waals surface area contributed by atoms with Gasteiger partial charge in [-0.25, -0.2) is 4.79 Å². The Labute approximate surface area is 126 Å². The topological polar surface area (TPSA) is 67.2 Å². The minimum atomic E-state index is -0.277. The molecule has 0 aliphatic heterocycles. The molecule has 0 saturated carbocycles. The lowest BCUT2D eigenvalue weighted by molar-refractivity contribution is 0.252. The number of benzene rings is 2. The Morgan fingerprint density at radius 1 is 1.25 bits per heavy atom. The zero-order valence-electron chi connectivity index (χ0n) is 11.1. The molecule has 4 nitrogen and oxygen atoms in total. The molecule has 104 valence electrons. The van der Waals surface area contributed by atoms with Crippen molar-refractivity contribution in [1.82, 2.24) is 5.32 Å². The van der Waals surface area contributed by atoms with Crippen molar-refractivity contribution in [2.45, 2.75) is 13.5 Å². The monoisotopic (exact) mass is 333 g/mol. The number of anilines is 2. The van der Waals surface area contributed by atoms with Gasteiger partial charge in [-0.1, -0.05) is 34.1 Å². The number of carbonyl (C=O) groups is 1. The van der Waals surface area contributed by atoms with Gasteiger partial charge >= 0.3 is 6.03 Å². The van der Waals surface area contributed by atoms with Gasteiger partial charge in [0.2, 0.25) is 0 Å². The van der Waals surface area contributed by atoms with E-state index in [4.69, 9.17) is 5.73 Å². The Balaban J connectivity index is 1.92. The zero-order chi connectivity index (χ0) is 14.5. The summed E-state index contributed by atoms with van der Waals surface area (Å²) in [5.41, 5.74) is 9.10. The summed E-state index contributed by atoms with van der Waals surface area (Å²) in [6.07, 6.45) is 0.